The second kappa shape index (κ2) is 2.69. The van der Waals surface area contributed by atoms with Gasteiger partial charge in [0.05, 0.1) is 12.1 Å². The van der Waals surface area contributed by atoms with E-state index in [-0.39, 0.29) is 5.78 Å². The van der Waals surface area contributed by atoms with Crippen LogP contribution in [0.1, 0.15) is 27.7 Å². The number of rotatable bonds is 0. The van der Waals surface area contributed by atoms with Crippen molar-refractivity contribution in [2.45, 2.75) is 27.7 Å². The molecule has 3 nitrogen and oxygen atoms in total. The Bertz CT molecular complexity index is 398. The van der Waals surface area contributed by atoms with Crippen molar-refractivity contribution in [3.63, 3.8) is 0 Å². The maximum absolute atomic E-state index is 11.7. The zero-order valence-corrected chi connectivity index (χ0v) is 8.80. The van der Waals surface area contributed by atoms with E-state index < -0.39 is 10.8 Å². The summed E-state index contributed by atoms with van der Waals surface area (Å²) in [7, 11) is 0. The minimum absolute atomic E-state index is 0.326. The zero-order chi connectivity index (χ0) is 11.1. The van der Waals surface area contributed by atoms with E-state index in [0.717, 1.165) is 5.57 Å². The number of carbonyl (C=O) groups is 1. The Kier molecular flexibility index (Phi) is 2.01. The van der Waals surface area contributed by atoms with Gasteiger partial charge in [0.1, 0.15) is 0 Å². The summed E-state index contributed by atoms with van der Waals surface area (Å²) in [5.41, 5.74) is -0.604. The first-order valence-electron chi connectivity index (χ1n) is 4.40. The number of carbonyl (C=O) groups excluding carboxylic acids is 1. The summed E-state index contributed by atoms with van der Waals surface area (Å²) in [4.78, 5) is 11.7. The van der Waals surface area contributed by atoms with Gasteiger partial charge < -0.3 is 0 Å². The van der Waals surface area contributed by atoms with E-state index in [4.69, 9.17) is 10.5 Å². The van der Waals surface area contributed by atoms with Crippen LogP contribution in [0.15, 0.2) is 11.1 Å². The molecule has 3 heteroatoms. The van der Waals surface area contributed by atoms with Gasteiger partial charge in [0.2, 0.25) is 5.41 Å². The molecule has 0 spiro atoms. The normalized spacial score (nSPS) is 21.9. The number of ketones is 1. The fraction of sp³-hybridized carbons (Fsp3) is 0.545. The zero-order valence-electron chi connectivity index (χ0n) is 8.80. The molecule has 1 aliphatic carbocycles. The molecular weight excluding hydrogens is 176 g/mol. The molecule has 1 fully saturated rings. The van der Waals surface area contributed by atoms with Crippen molar-refractivity contribution < 1.29 is 4.79 Å². The van der Waals surface area contributed by atoms with E-state index in [1.54, 1.807) is 13.8 Å². The Hall–Kier alpha value is -1.61. The van der Waals surface area contributed by atoms with Gasteiger partial charge in [-0.25, -0.2) is 0 Å². The number of hydrogen-bond donors (Lipinski definition) is 0. The first-order chi connectivity index (χ1) is 6.35. The van der Waals surface area contributed by atoms with Crippen molar-refractivity contribution in [2.24, 2.45) is 10.8 Å². The molecule has 72 valence electrons. The number of nitrogens with zero attached hydrogens (tertiary/aromatic N) is 2. The van der Waals surface area contributed by atoms with Gasteiger partial charge in [0.15, 0.2) is 5.78 Å². The minimum atomic E-state index is -1.47. The van der Waals surface area contributed by atoms with E-state index >= 15 is 0 Å². The van der Waals surface area contributed by atoms with Gasteiger partial charge in [-0.05, 0) is 13.8 Å². The van der Waals surface area contributed by atoms with Crippen LogP contribution in [-0.4, -0.2) is 5.78 Å². The second-order valence-corrected chi connectivity index (χ2v) is 4.30. The molecule has 0 amide bonds. The van der Waals surface area contributed by atoms with Crippen LogP contribution in [0.2, 0.25) is 0 Å². The van der Waals surface area contributed by atoms with Crippen molar-refractivity contribution in [2.75, 3.05) is 0 Å². The van der Waals surface area contributed by atoms with E-state index in [1.165, 1.54) is 0 Å². The number of allylic oxidation sites excluding steroid dienone is 2. The molecule has 1 saturated carbocycles. The smallest absolute Gasteiger partial charge is 0.214 e. The Balaban J connectivity index is 3.40. The van der Waals surface area contributed by atoms with Crippen LogP contribution in [0.25, 0.3) is 0 Å². The summed E-state index contributed by atoms with van der Waals surface area (Å²) in [6.45, 7) is 7.19. The van der Waals surface area contributed by atoms with Crippen molar-refractivity contribution in [3.8, 4) is 12.1 Å². The third kappa shape index (κ3) is 0.822. The molecule has 0 saturated heterocycles. The average molecular weight is 188 g/mol. The van der Waals surface area contributed by atoms with Crippen LogP contribution in [0, 0.1) is 33.5 Å². The second-order valence-electron chi connectivity index (χ2n) is 4.30. The quantitative estimate of drug-likeness (QED) is 0.546. The molecule has 0 aromatic carbocycles. The third-order valence-electron chi connectivity index (χ3n) is 2.97. The third-order valence-corrected chi connectivity index (χ3v) is 2.97. The largest absolute Gasteiger partial charge is 0.291 e. The van der Waals surface area contributed by atoms with E-state index in [1.807, 2.05) is 26.0 Å². The molecule has 1 aliphatic rings. The highest BCUT2D eigenvalue weighted by Crippen LogP contribution is 2.57. The molecule has 14 heavy (non-hydrogen) atoms. The molecule has 0 aliphatic heterocycles. The van der Waals surface area contributed by atoms with Crippen molar-refractivity contribution >= 4 is 5.78 Å². The fourth-order valence-corrected chi connectivity index (χ4v) is 2.14. The Morgan fingerprint density at radius 2 is 1.64 bits per heavy atom. The van der Waals surface area contributed by atoms with Crippen molar-refractivity contribution in [1.82, 2.24) is 0 Å². The first-order valence-corrected chi connectivity index (χ1v) is 4.40. The van der Waals surface area contributed by atoms with Crippen molar-refractivity contribution in [3.05, 3.63) is 11.1 Å². The summed E-state index contributed by atoms with van der Waals surface area (Å²) in [5.74, 6) is -0.326. The molecule has 0 atom stereocenters. The highest BCUT2D eigenvalue weighted by Gasteiger charge is 2.66. The molecule has 0 unspecified atom stereocenters. The minimum Gasteiger partial charge on any atom is -0.291 e. The lowest BCUT2D eigenvalue weighted by atomic mass is 9.47. The molecule has 0 aromatic rings. The lowest BCUT2D eigenvalue weighted by molar-refractivity contribution is -0.132. The van der Waals surface area contributed by atoms with Gasteiger partial charge in [0.25, 0.3) is 0 Å². The molecule has 0 N–H and O–H groups in total. The standard InChI is InChI=1S/C11H12N2O/c1-7(2)8-9(14)11(5-12,6-13)10(8,3)4/h1-4H3. The molecule has 0 aromatic heterocycles. The predicted molar refractivity (Wildman–Crippen MR) is 50.8 cm³/mol. The highest BCUT2D eigenvalue weighted by atomic mass is 16.1. The molecule has 0 bridgehead atoms. The number of Topliss-reactive ketones (excluding diaryl/α,β-unsaturated/α-hetero) is 1. The van der Waals surface area contributed by atoms with Gasteiger partial charge in [-0.1, -0.05) is 19.4 Å². The maximum Gasteiger partial charge on any atom is 0.214 e. The summed E-state index contributed by atoms with van der Waals surface area (Å²) < 4.78 is 0. The van der Waals surface area contributed by atoms with E-state index in [0.29, 0.717) is 5.57 Å². The summed E-state index contributed by atoms with van der Waals surface area (Å²) in [5, 5.41) is 17.9. The highest BCUT2D eigenvalue weighted by molar-refractivity contribution is 6.13. The van der Waals surface area contributed by atoms with E-state index in [2.05, 4.69) is 0 Å². The van der Waals surface area contributed by atoms with Gasteiger partial charge >= 0.3 is 0 Å². The Morgan fingerprint density at radius 3 is 1.86 bits per heavy atom. The van der Waals surface area contributed by atoms with Crippen LogP contribution in [0.3, 0.4) is 0 Å². The number of nitriles is 2. The van der Waals surface area contributed by atoms with Crippen molar-refractivity contribution in [1.29, 1.82) is 10.5 Å². The van der Waals surface area contributed by atoms with Gasteiger partial charge in [0, 0.05) is 11.0 Å². The van der Waals surface area contributed by atoms with Gasteiger partial charge in [-0.3, -0.25) is 4.79 Å². The van der Waals surface area contributed by atoms with Crippen LogP contribution < -0.4 is 0 Å². The van der Waals surface area contributed by atoms with Crippen LogP contribution >= 0.6 is 0 Å². The summed E-state index contributed by atoms with van der Waals surface area (Å²) >= 11 is 0. The van der Waals surface area contributed by atoms with Crippen LogP contribution in [-0.2, 0) is 4.79 Å². The average Bonchev–Trinajstić information content (AvgIpc) is 2.04. The molecule has 0 radical (unpaired) electrons. The van der Waals surface area contributed by atoms with Gasteiger partial charge in [-0.15, -0.1) is 0 Å². The molecule has 0 heterocycles. The predicted octanol–water partition coefficient (Wildman–Crippen LogP) is 1.97. The fourth-order valence-electron chi connectivity index (χ4n) is 2.14. The van der Waals surface area contributed by atoms with Crippen LogP contribution in [0.5, 0.6) is 0 Å². The Morgan fingerprint density at radius 1 is 1.21 bits per heavy atom. The number of hydrogen-bond acceptors (Lipinski definition) is 3. The topological polar surface area (TPSA) is 64.7 Å². The molecule has 1 rings (SSSR count). The van der Waals surface area contributed by atoms with Gasteiger partial charge in [-0.2, -0.15) is 10.5 Å². The summed E-state index contributed by atoms with van der Waals surface area (Å²) in [6, 6.07) is 3.69. The Labute approximate surface area is 83.6 Å². The maximum atomic E-state index is 11.7. The van der Waals surface area contributed by atoms with Crippen LogP contribution in [0.4, 0.5) is 0 Å². The SMILES string of the molecule is CC(C)=C1C(=O)C(C#N)(C#N)C1(C)C. The monoisotopic (exact) mass is 188 g/mol. The first kappa shape index (κ1) is 10.5. The lowest BCUT2D eigenvalue weighted by Crippen LogP contribution is -2.57. The lowest BCUT2D eigenvalue weighted by Gasteiger charge is -2.48. The van der Waals surface area contributed by atoms with E-state index in [9.17, 15) is 4.79 Å². The summed E-state index contributed by atoms with van der Waals surface area (Å²) in [6.07, 6.45) is 0. The molecular formula is C11H12N2O.